The lowest BCUT2D eigenvalue weighted by Crippen LogP contribution is -2.63. The average molecular weight is 412 g/mol. The molecule has 27 heavy (non-hydrogen) atoms. The number of nitrogens with two attached hydrogens (primary N) is 1. The van der Waals surface area contributed by atoms with Crippen LogP contribution in [0.15, 0.2) is 28.2 Å². The predicted molar refractivity (Wildman–Crippen MR) is 117 cm³/mol. The lowest BCUT2D eigenvalue weighted by molar-refractivity contribution is 0.178. The van der Waals surface area contributed by atoms with Crippen LogP contribution in [-0.2, 0) is 6.54 Å². The van der Waals surface area contributed by atoms with E-state index >= 15 is 0 Å². The molecule has 1 aromatic rings. The number of nitrogens with one attached hydrogen (secondary N) is 1. The molecule has 0 spiro atoms. The molecule has 1 aliphatic heterocycles. The summed E-state index contributed by atoms with van der Waals surface area (Å²) in [4.78, 5) is 11.0. The van der Waals surface area contributed by atoms with Crippen LogP contribution in [0.5, 0.6) is 0 Å². The lowest BCUT2D eigenvalue weighted by atomic mass is 10.1. The smallest absolute Gasteiger partial charge is 0.223 e. The van der Waals surface area contributed by atoms with E-state index in [9.17, 15) is 0 Å². The third-order valence-corrected chi connectivity index (χ3v) is 5.43. The minimum atomic E-state index is -0.405. The fraction of sp³-hybridized carbons (Fsp3) is 0.600. The monoisotopic (exact) mass is 411 g/mol. The van der Waals surface area contributed by atoms with Crippen LogP contribution in [-0.4, -0.2) is 29.0 Å². The molecule has 5 nitrogen and oxygen atoms in total. The molecule has 0 aliphatic carbocycles. The molecule has 150 valence electrons. The second-order valence-electron chi connectivity index (χ2n) is 7.46. The van der Waals surface area contributed by atoms with E-state index in [1.165, 1.54) is 32.1 Å². The first-order valence-electron chi connectivity index (χ1n) is 9.72. The highest BCUT2D eigenvalue weighted by molar-refractivity contribution is 6.42. The molecule has 0 radical (unpaired) electrons. The fourth-order valence-electron chi connectivity index (χ4n) is 3.08. The van der Waals surface area contributed by atoms with Crippen LogP contribution in [0, 0.1) is 0 Å². The third-order valence-electron chi connectivity index (χ3n) is 4.69. The van der Waals surface area contributed by atoms with Crippen molar-refractivity contribution in [1.82, 2.24) is 10.2 Å². The zero-order chi connectivity index (χ0) is 19.9. The van der Waals surface area contributed by atoms with Gasteiger partial charge in [0.1, 0.15) is 5.66 Å². The summed E-state index contributed by atoms with van der Waals surface area (Å²) in [5, 5.41) is 4.46. The second-order valence-corrected chi connectivity index (χ2v) is 8.28. The van der Waals surface area contributed by atoms with Crippen molar-refractivity contribution in [1.29, 1.82) is 0 Å². The lowest BCUT2D eigenvalue weighted by Gasteiger charge is -2.43. The van der Waals surface area contributed by atoms with Crippen LogP contribution < -0.4 is 11.1 Å². The van der Waals surface area contributed by atoms with E-state index in [-0.39, 0.29) is 0 Å². The first kappa shape index (κ1) is 21.8. The Kier molecular flexibility index (Phi) is 8.24. The number of rotatable bonds is 9. The van der Waals surface area contributed by atoms with Gasteiger partial charge in [0.25, 0.3) is 0 Å². The summed E-state index contributed by atoms with van der Waals surface area (Å²) in [7, 11) is 0. The topological polar surface area (TPSA) is 66.0 Å². The van der Waals surface area contributed by atoms with Crippen molar-refractivity contribution in [2.24, 2.45) is 15.7 Å². The van der Waals surface area contributed by atoms with Gasteiger partial charge >= 0.3 is 0 Å². The van der Waals surface area contributed by atoms with E-state index in [0.717, 1.165) is 18.5 Å². The summed E-state index contributed by atoms with van der Waals surface area (Å²) >= 11 is 12.1. The first-order chi connectivity index (χ1) is 12.8. The van der Waals surface area contributed by atoms with Crippen LogP contribution in [0.2, 0.25) is 10.0 Å². The van der Waals surface area contributed by atoms with Gasteiger partial charge in [-0.3, -0.25) is 4.99 Å². The third kappa shape index (κ3) is 6.58. The van der Waals surface area contributed by atoms with Crippen LogP contribution in [0.4, 0.5) is 0 Å². The molecule has 0 unspecified atom stereocenters. The Labute approximate surface area is 173 Å². The van der Waals surface area contributed by atoms with Gasteiger partial charge in [-0.15, -0.1) is 0 Å². The maximum Gasteiger partial charge on any atom is 0.223 e. The van der Waals surface area contributed by atoms with Crippen molar-refractivity contribution >= 4 is 35.1 Å². The van der Waals surface area contributed by atoms with E-state index in [1.807, 2.05) is 17.0 Å². The second kappa shape index (κ2) is 10.2. The van der Waals surface area contributed by atoms with Crippen molar-refractivity contribution in [2.75, 3.05) is 6.54 Å². The number of hydrogen-bond donors (Lipinski definition) is 2. The number of benzene rings is 1. The molecule has 7 heteroatoms. The molecule has 0 amide bonds. The standard InChI is InChI=1S/C20H31Cl2N5/c1-4-5-6-7-8-9-12-24-19-25-18(23)27(20(2,3)26-19)14-15-10-11-16(21)17(22)13-15/h10-11,13H,4-9,12,14H2,1-3H3,(H3,23,24,25,26). The van der Waals surface area contributed by atoms with Crippen LogP contribution in [0.3, 0.4) is 0 Å². The van der Waals surface area contributed by atoms with Crippen molar-refractivity contribution in [2.45, 2.75) is 71.5 Å². The molecular weight excluding hydrogens is 381 g/mol. The molecular formula is C20H31Cl2N5. The predicted octanol–water partition coefficient (Wildman–Crippen LogP) is 5.17. The molecule has 0 aromatic heterocycles. The summed E-state index contributed by atoms with van der Waals surface area (Å²) in [5.74, 6) is 1.06. The fourth-order valence-corrected chi connectivity index (χ4v) is 3.40. The van der Waals surface area contributed by atoms with Gasteiger partial charge in [0.05, 0.1) is 10.0 Å². The Morgan fingerprint density at radius 2 is 1.81 bits per heavy atom. The summed E-state index contributed by atoms with van der Waals surface area (Å²) < 4.78 is 0. The Hall–Kier alpha value is -1.46. The first-order valence-corrected chi connectivity index (χ1v) is 10.5. The summed E-state index contributed by atoms with van der Waals surface area (Å²) in [6.07, 6.45) is 7.47. The quantitative estimate of drug-likeness (QED) is 0.550. The molecule has 0 atom stereocenters. The zero-order valence-corrected chi connectivity index (χ0v) is 18.1. The highest BCUT2D eigenvalue weighted by Gasteiger charge is 2.33. The van der Waals surface area contributed by atoms with E-state index in [4.69, 9.17) is 28.9 Å². The van der Waals surface area contributed by atoms with E-state index in [1.54, 1.807) is 6.07 Å². The minimum absolute atomic E-state index is 0.405. The Bertz CT molecular complexity index is 685. The van der Waals surface area contributed by atoms with Crippen molar-refractivity contribution in [3.63, 3.8) is 0 Å². The van der Waals surface area contributed by atoms with Gasteiger partial charge in [0.15, 0.2) is 0 Å². The molecule has 0 bridgehead atoms. The molecule has 1 aromatic carbocycles. The number of guanidine groups is 2. The summed E-state index contributed by atoms with van der Waals surface area (Å²) in [5.41, 5.74) is 6.86. The molecule has 0 saturated heterocycles. The van der Waals surface area contributed by atoms with E-state index < -0.39 is 5.66 Å². The molecule has 0 fully saturated rings. The SMILES string of the molecule is CCCCCCCCN=C1N=C(N)N(Cc2ccc(Cl)c(Cl)c2)C(C)(C)N1. The molecule has 1 heterocycles. The number of unbranched alkanes of at least 4 members (excludes halogenated alkanes) is 5. The van der Waals surface area contributed by atoms with Crippen molar-refractivity contribution in [3.8, 4) is 0 Å². The summed E-state index contributed by atoms with van der Waals surface area (Å²) in [6, 6.07) is 5.60. The number of nitrogens with zero attached hydrogens (tertiary/aromatic N) is 3. The van der Waals surface area contributed by atoms with Crippen LogP contribution in [0.25, 0.3) is 0 Å². The van der Waals surface area contributed by atoms with Gasteiger partial charge in [-0.2, -0.15) is 4.99 Å². The highest BCUT2D eigenvalue weighted by atomic mass is 35.5. The Balaban J connectivity index is 1.96. The number of hydrogen-bond acceptors (Lipinski definition) is 3. The maximum atomic E-state index is 6.24. The van der Waals surface area contributed by atoms with Gasteiger partial charge < -0.3 is 16.0 Å². The maximum absolute atomic E-state index is 6.24. The molecule has 0 saturated carbocycles. The Morgan fingerprint density at radius 3 is 2.48 bits per heavy atom. The largest absolute Gasteiger partial charge is 0.369 e. The van der Waals surface area contributed by atoms with Crippen LogP contribution in [0.1, 0.15) is 64.9 Å². The van der Waals surface area contributed by atoms with Gasteiger partial charge in [0, 0.05) is 13.1 Å². The Morgan fingerprint density at radius 1 is 1.11 bits per heavy atom. The molecule has 2 rings (SSSR count). The normalized spacial score (nSPS) is 17.7. The van der Waals surface area contributed by atoms with Crippen molar-refractivity contribution in [3.05, 3.63) is 33.8 Å². The molecule has 3 N–H and O–H groups in total. The minimum Gasteiger partial charge on any atom is -0.369 e. The number of halogens is 2. The highest BCUT2D eigenvalue weighted by Crippen LogP contribution is 2.25. The van der Waals surface area contributed by atoms with Gasteiger partial charge in [-0.1, -0.05) is 68.3 Å². The molecule has 1 aliphatic rings. The zero-order valence-electron chi connectivity index (χ0n) is 16.6. The van der Waals surface area contributed by atoms with Gasteiger partial charge in [-0.25, -0.2) is 0 Å². The van der Waals surface area contributed by atoms with E-state index in [2.05, 4.69) is 36.1 Å². The number of aliphatic imine (C=N–C) groups is 2. The van der Waals surface area contributed by atoms with E-state index in [0.29, 0.717) is 28.5 Å². The van der Waals surface area contributed by atoms with Gasteiger partial charge in [0.2, 0.25) is 11.9 Å². The van der Waals surface area contributed by atoms with Crippen molar-refractivity contribution < 1.29 is 0 Å². The average Bonchev–Trinajstić information content (AvgIpc) is 2.60. The summed E-state index contributed by atoms with van der Waals surface area (Å²) in [6.45, 7) is 7.71. The van der Waals surface area contributed by atoms with Gasteiger partial charge in [-0.05, 0) is 38.0 Å². The van der Waals surface area contributed by atoms with Crippen LogP contribution >= 0.6 is 23.2 Å².